The van der Waals surface area contributed by atoms with Crippen LogP contribution < -0.4 is 4.90 Å². The summed E-state index contributed by atoms with van der Waals surface area (Å²) in [5.41, 5.74) is 3.49. The third-order valence-corrected chi connectivity index (χ3v) is 5.91. The molecule has 0 bridgehead atoms. The van der Waals surface area contributed by atoms with E-state index < -0.39 is 23.7 Å². The number of amides is 1. The highest BCUT2D eigenvalue weighted by Gasteiger charge is 2.47. The minimum atomic E-state index is -0.887. The molecule has 3 aromatic rings. The van der Waals surface area contributed by atoms with E-state index in [1.807, 2.05) is 32.9 Å². The van der Waals surface area contributed by atoms with Gasteiger partial charge in [-0.2, -0.15) is 0 Å². The Morgan fingerprint density at radius 2 is 1.83 bits per heavy atom. The number of carbonyl (C=O) groups excluding carboxylic acids is 3. The molecule has 7 nitrogen and oxygen atoms in total. The average molecular weight is 471 g/mol. The molecule has 2 aromatic carbocycles. The van der Waals surface area contributed by atoms with Crippen molar-refractivity contribution in [1.29, 1.82) is 0 Å². The number of esters is 1. The van der Waals surface area contributed by atoms with Crippen LogP contribution in [0.5, 0.6) is 0 Å². The summed E-state index contributed by atoms with van der Waals surface area (Å²) in [4.78, 5) is 44.2. The molecule has 0 saturated carbocycles. The molecular weight excluding hydrogens is 444 g/mol. The third kappa shape index (κ3) is 4.57. The predicted molar refractivity (Wildman–Crippen MR) is 132 cm³/mol. The van der Waals surface area contributed by atoms with Crippen molar-refractivity contribution in [2.45, 2.75) is 33.2 Å². The van der Waals surface area contributed by atoms with Crippen LogP contribution >= 0.6 is 0 Å². The van der Waals surface area contributed by atoms with E-state index in [0.29, 0.717) is 35.4 Å². The van der Waals surface area contributed by atoms with E-state index in [2.05, 4.69) is 4.98 Å². The largest absolute Gasteiger partial charge is 0.507 e. The van der Waals surface area contributed by atoms with Crippen LogP contribution in [0, 0.1) is 13.8 Å². The molecule has 1 saturated heterocycles. The Balaban J connectivity index is 1.84. The maximum Gasteiger partial charge on any atom is 0.338 e. The van der Waals surface area contributed by atoms with Crippen molar-refractivity contribution in [2.75, 3.05) is 11.5 Å². The first-order chi connectivity index (χ1) is 16.8. The summed E-state index contributed by atoms with van der Waals surface area (Å²) in [5, 5.41) is 11.3. The fourth-order valence-electron chi connectivity index (χ4n) is 4.12. The second-order valence-electron chi connectivity index (χ2n) is 8.46. The van der Waals surface area contributed by atoms with Gasteiger partial charge in [0.25, 0.3) is 11.7 Å². The Labute approximate surface area is 203 Å². The topological polar surface area (TPSA) is 96.8 Å². The lowest BCUT2D eigenvalue weighted by Crippen LogP contribution is -2.29. The van der Waals surface area contributed by atoms with Crippen molar-refractivity contribution in [3.63, 3.8) is 0 Å². The second-order valence-corrected chi connectivity index (χ2v) is 8.46. The first-order valence-electron chi connectivity index (χ1n) is 11.4. The molecule has 1 atom stereocenters. The minimum Gasteiger partial charge on any atom is -0.507 e. The zero-order valence-electron chi connectivity index (χ0n) is 19.8. The molecule has 0 aliphatic carbocycles. The molecule has 4 rings (SSSR count). The molecule has 1 aromatic heterocycles. The minimum absolute atomic E-state index is 0.0110. The van der Waals surface area contributed by atoms with Crippen molar-refractivity contribution >= 4 is 29.1 Å². The first-order valence-corrected chi connectivity index (χ1v) is 11.4. The van der Waals surface area contributed by atoms with Crippen LogP contribution in [0.4, 0.5) is 5.69 Å². The normalized spacial score (nSPS) is 17.0. The van der Waals surface area contributed by atoms with Crippen LogP contribution in [0.1, 0.15) is 52.0 Å². The van der Waals surface area contributed by atoms with Crippen LogP contribution in [-0.4, -0.2) is 34.4 Å². The standard InChI is InChI=1S/C28H26N2O5/c1-4-14-35-28(34)19-9-11-21(12-10-19)30-24(20-6-5-13-29-16-20)23(26(32)27(30)33)25(31)22-15-17(2)7-8-18(22)3/h5-13,15-16,24,31H,4,14H2,1-3H3/b25-23+. The molecule has 1 aliphatic heterocycles. The number of ether oxygens (including phenoxy) is 1. The maximum atomic E-state index is 13.3. The van der Waals surface area contributed by atoms with E-state index in [1.54, 1.807) is 54.9 Å². The zero-order valence-corrected chi connectivity index (χ0v) is 19.8. The zero-order chi connectivity index (χ0) is 25.1. The number of aromatic nitrogens is 1. The number of hydrogen-bond donors (Lipinski definition) is 1. The molecule has 1 N–H and O–H groups in total. The molecule has 7 heteroatoms. The number of benzene rings is 2. The van der Waals surface area contributed by atoms with Gasteiger partial charge in [0.05, 0.1) is 23.8 Å². The molecule has 178 valence electrons. The molecular formula is C28H26N2O5. The number of pyridine rings is 1. The molecule has 0 spiro atoms. The maximum absolute atomic E-state index is 13.3. The van der Waals surface area contributed by atoms with Gasteiger partial charge in [0.15, 0.2) is 0 Å². The molecule has 1 amide bonds. The SMILES string of the molecule is CCCOC(=O)c1ccc(N2C(=O)C(=O)/C(=C(/O)c3cc(C)ccc3C)C2c2cccnc2)cc1. The predicted octanol–water partition coefficient (Wildman–Crippen LogP) is 4.89. The molecule has 0 radical (unpaired) electrons. The van der Waals surface area contributed by atoms with E-state index in [-0.39, 0.29) is 11.3 Å². The van der Waals surface area contributed by atoms with Crippen LogP contribution in [0.15, 0.2) is 72.6 Å². The van der Waals surface area contributed by atoms with Gasteiger partial charge in [-0.25, -0.2) is 4.79 Å². The van der Waals surface area contributed by atoms with E-state index in [1.165, 1.54) is 4.90 Å². The van der Waals surface area contributed by atoms with Gasteiger partial charge in [-0.1, -0.05) is 30.7 Å². The van der Waals surface area contributed by atoms with Gasteiger partial charge in [0.1, 0.15) is 5.76 Å². The quantitative estimate of drug-likeness (QED) is 0.238. The highest BCUT2D eigenvalue weighted by Crippen LogP contribution is 2.42. The first kappa shape index (κ1) is 23.9. The lowest BCUT2D eigenvalue weighted by atomic mass is 9.94. The summed E-state index contributed by atoms with van der Waals surface area (Å²) in [6.07, 6.45) is 3.87. The highest BCUT2D eigenvalue weighted by molar-refractivity contribution is 6.51. The van der Waals surface area contributed by atoms with Crippen molar-refractivity contribution in [1.82, 2.24) is 4.98 Å². The van der Waals surface area contributed by atoms with E-state index >= 15 is 0 Å². The summed E-state index contributed by atoms with van der Waals surface area (Å²) < 4.78 is 5.17. The van der Waals surface area contributed by atoms with Crippen molar-refractivity contribution in [3.8, 4) is 0 Å². The number of nitrogens with zero attached hydrogens (tertiary/aromatic N) is 2. The monoisotopic (exact) mass is 470 g/mol. The molecule has 1 aliphatic rings. The number of Topliss-reactive ketones (excluding diaryl/α,β-unsaturated/α-hetero) is 1. The molecule has 1 fully saturated rings. The fourth-order valence-corrected chi connectivity index (χ4v) is 4.12. The van der Waals surface area contributed by atoms with Crippen LogP contribution in [0.25, 0.3) is 5.76 Å². The second kappa shape index (κ2) is 9.93. The number of hydrogen-bond acceptors (Lipinski definition) is 6. The molecule has 1 unspecified atom stereocenters. The number of rotatable bonds is 6. The van der Waals surface area contributed by atoms with Gasteiger partial charge in [-0.3, -0.25) is 19.5 Å². The van der Waals surface area contributed by atoms with Crippen molar-refractivity contribution in [3.05, 3.63) is 100 Å². The summed E-state index contributed by atoms with van der Waals surface area (Å²) in [6.45, 7) is 5.94. The Hall–Kier alpha value is -4.26. The van der Waals surface area contributed by atoms with Gasteiger partial charge in [0.2, 0.25) is 0 Å². The van der Waals surface area contributed by atoms with Gasteiger partial charge < -0.3 is 9.84 Å². The van der Waals surface area contributed by atoms with Crippen LogP contribution in [0.2, 0.25) is 0 Å². The Kier molecular flexibility index (Phi) is 6.78. The van der Waals surface area contributed by atoms with E-state index in [4.69, 9.17) is 4.74 Å². The average Bonchev–Trinajstić information content (AvgIpc) is 3.14. The third-order valence-electron chi connectivity index (χ3n) is 5.91. The van der Waals surface area contributed by atoms with Crippen LogP contribution in [0.3, 0.4) is 0 Å². The summed E-state index contributed by atoms with van der Waals surface area (Å²) in [7, 11) is 0. The number of carbonyl (C=O) groups is 3. The molecule has 35 heavy (non-hydrogen) atoms. The van der Waals surface area contributed by atoms with E-state index in [9.17, 15) is 19.5 Å². The summed E-state index contributed by atoms with van der Waals surface area (Å²) >= 11 is 0. The fraction of sp³-hybridized carbons (Fsp3) is 0.214. The number of aliphatic hydroxyl groups excluding tert-OH is 1. The smallest absolute Gasteiger partial charge is 0.338 e. The van der Waals surface area contributed by atoms with Gasteiger partial charge in [-0.15, -0.1) is 0 Å². The van der Waals surface area contributed by atoms with E-state index in [0.717, 1.165) is 11.1 Å². The number of ketones is 1. The Morgan fingerprint density at radius 1 is 1.09 bits per heavy atom. The Morgan fingerprint density at radius 3 is 2.49 bits per heavy atom. The number of aliphatic hydroxyl groups is 1. The summed E-state index contributed by atoms with van der Waals surface area (Å²) in [6, 6.07) is 14.4. The van der Waals surface area contributed by atoms with Crippen molar-refractivity contribution in [2.24, 2.45) is 0 Å². The lowest BCUT2D eigenvalue weighted by molar-refractivity contribution is -0.132. The lowest BCUT2D eigenvalue weighted by Gasteiger charge is -2.25. The Bertz CT molecular complexity index is 1310. The number of anilines is 1. The van der Waals surface area contributed by atoms with Crippen LogP contribution in [-0.2, 0) is 14.3 Å². The van der Waals surface area contributed by atoms with Crippen molar-refractivity contribution < 1.29 is 24.2 Å². The summed E-state index contributed by atoms with van der Waals surface area (Å²) in [5.74, 6) is -2.25. The van der Waals surface area contributed by atoms with Gasteiger partial charge >= 0.3 is 5.97 Å². The van der Waals surface area contributed by atoms with Gasteiger partial charge in [-0.05, 0) is 67.8 Å². The molecule has 2 heterocycles. The highest BCUT2D eigenvalue weighted by atomic mass is 16.5. The number of aryl methyl sites for hydroxylation is 2. The van der Waals surface area contributed by atoms with Gasteiger partial charge in [0, 0.05) is 23.6 Å².